The zero-order chi connectivity index (χ0) is 45.3. The molecule has 0 saturated carbocycles. The van der Waals surface area contributed by atoms with Crippen molar-refractivity contribution in [3.8, 4) is 12.1 Å². The topological polar surface area (TPSA) is 199 Å². The number of Topliss-reactive ketones (excluding diaryl/α,β-unsaturated/α-hetero) is 1. The molecular weight excluding hydrogens is 823 g/mol. The first-order valence-corrected chi connectivity index (χ1v) is 20.9. The van der Waals surface area contributed by atoms with Gasteiger partial charge in [0.25, 0.3) is 11.8 Å². The summed E-state index contributed by atoms with van der Waals surface area (Å²) in [6, 6.07) is 9.95. The average molecular weight is 876 g/mol. The van der Waals surface area contributed by atoms with Crippen LogP contribution >= 0.6 is 0 Å². The van der Waals surface area contributed by atoms with Gasteiger partial charge < -0.3 is 30.4 Å². The zero-order valence-electron chi connectivity index (χ0n) is 35.5. The molecule has 63 heavy (non-hydrogen) atoms. The van der Waals surface area contributed by atoms with Gasteiger partial charge >= 0.3 is 5.97 Å². The average Bonchev–Trinajstić information content (AvgIpc) is 3.23. The van der Waals surface area contributed by atoms with Crippen LogP contribution in [-0.2, 0) is 9.59 Å². The zero-order valence-corrected chi connectivity index (χ0v) is 35.5. The van der Waals surface area contributed by atoms with Gasteiger partial charge in [0.1, 0.15) is 40.0 Å². The Morgan fingerprint density at radius 1 is 0.683 bits per heavy atom. The lowest BCUT2D eigenvalue weighted by Crippen LogP contribution is -2.52. The second kappa shape index (κ2) is 20.7. The minimum atomic E-state index is -2.90. The van der Waals surface area contributed by atoms with Gasteiger partial charge in [0, 0.05) is 116 Å². The van der Waals surface area contributed by atoms with E-state index in [2.05, 4.69) is 54.8 Å². The third-order valence-corrected chi connectivity index (χ3v) is 11.5. The van der Waals surface area contributed by atoms with Crippen LogP contribution in [-0.4, -0.2) is 180 Å². The molecule has 2 unspecified atom stereocenters. The van der Waals surface area contributed by atoms with Crippen molar-refractivity contribution in [2.75, 3.05) is 116 Å². The number of rotatable bonds is 8. The molecule has 0 aliphatic carbocycles. The van der Waals surface area contributed by atoms with Crippen molar-refractivity contribution in [2.45, 2.75) is 37.1 Å². The second-order valence-electron chi connectivity index (χ2n) is 16.8. The number of hydrogen-bond donors (Lipinski definition) is 2. The number of likely N-dealkylation sites (N-methyl/N-ethyl adjacent to an activating group) is 2. The van der Waals surface area contributed by atoms with Crippen LogP contribution in [0.4, 0.5) is 28.9 Å². The lowest BCUT2D eigenvalue weighted by atomic mass is 9.90. The number of benzene rings is 2. The molecule has 0 radical (unpaired) electrons. The number of piperidine rings is 2. The molecule has 0 amide bonds. The Bertz CT molecular complexity index is 2310. The van der Waals surface area contributed by atoms with Crippen LogP contribution in [0.25, 0.3) is 22.1 Å². The minimum Gasteiger partial charge on any atom is -0.480 e. The molecule has 20 heteroatoms. The summed E-state index contributed by atoms with van der Waals surface area (Å²) in [5.74, 6) is -6.89. The van der Waals surface area contributed by atoms with Gasteiger partial charge in [-0.25, -0.2) is 17.6 Å². The van der Waals surface area contributed by atoms with Crippen molar-refractivity contribution < 1.29 is 32.3 Å². The molecule has 336 valence electrons. The van der Waals surface area contributed by atoms with Crippen molar-refractivity contribution in [1.82, 2.24) is 39.5 Å². The molecular formula is C43H53F4N13O3. The molecule has 3 N–H and O–H groups in total. The number of ketones is 1. The van der Waals surface area contributed by atoms with Gasteiger partial charge in [0.2, 0.25) is 0 Å². The van der Waals surface area contributed by atoms with Crippen molar-refractivity contribution in [3.05, 3.63) is 60.2 Å². The summed E-state index contributed by atoms with van der Waals surface area (Å²) >= 11 is 0. The maximum absolute atomic E-state index is 14.6. The van der Waals surface area contributed by atoms with Crippen LogP contribution in [0, 0.1) is 28.6 Å². The fraction of sp³-hybridized carbons (Fsp3) is 0.535. The molecule has 4 aromatic rings. The van der Waals surface area contributed by atoms with Crippen LogP contribution in [0.2, 0.25) is 0 Å². The highest BCUT2D eigenvalue weighted by Gasteiger charge is 2.42. The Hall–Kier alpha value is -5.64. The van der Waals surface area contributed by atoms with Crippen molar-refractivity contribution in [1.29, 1.82) is 10.5 Å². The molecule has 4 aliphatic heterocycles. The Morgan fingerprint density at radius 2 is 1.11 bits per heavy atom. The third-order valence-electron chi connectivity index (χ3n) is 11.5. The smallest absolute Gasteiger partial charge is 0.317 e. The highest BCUT2D eigenvalue weighted by molar-refractivity contribution is 5.93. The van der Waals surface area contributed by atoms with Crippen LogP contribution in [0.15, 0.2) is 49.1 Å². The van der Waals surface area contributed by atoms with E-state index in [9.17, 15) is 32.4 Å². The number of carbonyl (C=O) groups is 2. The monoisotopic (exact) mass is 875 g/mol. The number of carbonyl (C=O) groups excluding carboxylic acids is 1. The van der Waals surface area contributed by atoms with E-state index in [0.717, 1.165) is 52.4 Å². The van der Waals surface area contributed by atoms with Gasteiger partial charge in [-0.15, -0.1) is 0 Å². The normalized spacial score (nSPS) is 21.9. The summed E-state index contributed by atoms with van der Waals surface area (Å²) in [6.07, 6.45) is 5.46. The number of piperazine rings is 2. The van der Waals surface area contributed by atoms with E-state index >= 15 is 0 Å². The predicted octanol–water partition coefficient (Wildman–Crippen LogP) is 3.16. The van der Waals surface area contributed by atoms with E-state index < -0.39 is 42.9 Å². The number of nitrogens with two attached hydrogens (primary N) is 1. The van der Waals surface area contributed by atoms with E-state index in [1.165, 1.54) is 29.7 Å². The van der Waals surface area contributed by atoms with Crippen LogP contribution in [0.5, 0.6) is 0 Å². The number of alkyl halides is 4. The molecule has 2 aromatic carbocycles. The van der Waals surface area contributed by atoms with E-state index in [-0.39, 0.29) is 31.6 Å². The lowest BCUT2D eigenvalue weighted by molar-refractivity contribution is -0.138. The van der Waals surface area contributed by atoms with E-state index in [1.807, 2.05) is 11.0 Å². The predicted molar refractivity (Wildman–Crippen MR) is 229 cm³/mol. The third kappa shape index (κ3) is 12.7. The number of anilines is 2. The number of aliphatic carboxylic acids is 1. The molecule has 8 rings (SSSR count). The number of nitriles is 2. The molecule has 4 fully saturated rings. The van der Waals surface area contributed by atoms with Crippen LogP contribution in [0.3, 0.4) is 0 Å². The first-order valence-electron chi connectivity index (χ1n) is 20.9. The number of aromatic nitrogens is 4. The number of fused-ring (bicyclic) bond motifs is 2. The van der Waals surface area contributed by atoms with Crippen molar-refractivity contribution >= 4 is 45.2 Å². The second-order valence-corrected chi connectivity index (χ2v) is 16.8. The Labute approximate surface area is 363 Å². The number of halogens is 4. The van der Waals surface area contributed by atoms with Crippen LogP contribution in [0.1, 0.15) is 30.4 Å². The molecule has 6 heterocycles. The summed E-state index contributed by atoms with van der Waals surface area (Å²) in [4.78, 5) is 51.4. The van der Waals surface area contributed by atoms with Crippen molar-refractivity contribution in [2.24, 2.45) is 11.7 Å². The Kier molecular flexibility index (Phi) is 15.4. The summed E-state index contributed by atoms with van der Waals surface area (Å²) in [5, 5.41) is 26.9. The van der Waals surface area contributed by atoms with Gasteiger partial charge in [0.05, 0.1) is 48.7 Å². The molecule has 0 spiro atoms. The summed E-state index contributed by atoms with van der Waals surface area (Å²) in [5.41, 5.74) is 9.21. The highest BCUT2D eigenvalue weighted by atomic mass is 19.3. The van der Waals surface area contributed by atoms with Crippen LogP contribution < -0.4 is 15.5 Å². The molecule has 16 nitrogen and oxygen atoms in total. The fourth-order valence-electron chi connectivity index (χ4n) is 8.47. The first kappa shape index (κ1) is 46.9. The maximum atomic E-state index is 14.6. The van der Waals surface area contributed by atoms with E-state index in [0.29, 0.717) is 64.2 Å². The minimum absolute atomic E-state index is 0.0108. The number of carboxylic acid groups (broad SMARTS) is 1. The summed E-state index contributed by atoms with van der Waals surface area (Å²) in [7, 11) is 4.10. The Morgan fingerprint density at radius 3 is 1.56 bits per heavy atom. The van der Waals surface area contributed by atoms with Gasteiger partial charge in [0.15, 0.2) is 0 Å². The first-order chi connectivity index (χ1) is 30.0. The quantitative estimate of drug-likeness (QED) is 0.245. The number of nitrogens with zero attached hydrogens (tertiary/aromatic N) is 12. The summed E-state index contributed by atoms with van der Waals surface area (Å²) < 4.78 is 56.7. The Balaban J connectivity index is 0.000000177. The largest absolute Gasteiger partial charge is 0.480 e. The molecule has 4 aliphatic rings. The van der Waals surface area contributed by atoms with Crippen molar-refractivity contribution in [3.63, 3.8) is 0 Å². The fourth-order valence-corrected chi connectivity index (χ4v) is 8.47. The molecule has 2 aromatic heterocycles. The van der Waals surface area contributed by atoms with Gasteiger partial charge in [-0.05, 0) is 44.3 Å². The highest BCUT2D eigenvalue weighted by Crippen LogP contribution is 2.37. The number of carboxylic acids is 1. The van der Waals surface area contributed by atoms with Gasteiger partial charge in [-0.2, -0.15) is 10.5 Å². The molecule has 4 saturated heterocycles. The SMILES string of the molecule is CN1CCN(CC(=O)CC2CN(c3ccc(C#N)c4nccnc34)CC(F)(F)C2)CC1.CN1CCN(CC(=O)O)CC1.N#Cc1ccc(N2CC(N)CC(F)(F)C2)c2nccnc12. The maximum Gasteiger partial charge on any atom is 0.317 e. The van der Waals surface area contributed by atoms with Gasteiger partial charge in [-0.1, -0.05) is 0 Å². The molecule has 0 bridgehead atoms. The molecule has 2 atom stereocenters. The standard InChI is InChI=1S/C22H26F2N6O.C14H13F2N5.C7H14N2O2/c1-28-6-8-29(9-7-28)14-18(31)10-16-11-22(23,24)15-30(13-16)19-3-2-17(12-25)20-21(19)27-5-4-26-20;15-14(16)5-10(18)7-21(8-14)11-2-1-9(6-17)12-13(11)20-4-3-19-12;1-8-2-4-9(5-3-8)6-7(10)11/h2-5,16H,6-11,13-15H2,1H3;1-4,10H,5,7-8,18H2;2-6H2,1H3,(H,10,11). The van der Waals surface area contributed by atoms with E-state index in [4.69, 9.17) is 16.1 Å². The van der Waals surface area contributed by atoms with E-state index in [1.54, 1.807) is 29.2 Å². The van der Waals surface area contributed by atoms with Gasteiger partial charge in [-0.3, -0.25) is 39.3 Å². The lowest BCUT2D eigenvalue weighted by Gasteiger charge is -2.39. The number of hydrogen-bond acceptors (Lipinski definition) is 15. The summed E-state index contributed by atoms with van der Waals surface area (Å²) in [6.45, 7) is 7.53.